The quantitative estimate of drug-likeness (QED) is 0.854. The second-order valence-electron chi connectivity index (χ2n) is 2.63. The van der Waals surface area contributed by atoms with Gasteiger partial charge in [-0.15, -0.1) is 0 Å². The van der Waals surface area contributed by atoms with Gasteiger partial charge >= 0.3 is 0 Å². The Kier molecular flexibility index (Phi) is 3.25. The lowest BCUT2D eigenvalue weighted by molar-refractivity contribution is -0.116. The van der Waals surface area contributed by atoms with E-state index in [0.29, 0.717) is 5.82 Å². The van der Waals surface area contributed by atoms with Gasteiger partial charge in [0.2, 0.25) is 5.91 Å². The van der Waals surface area contributed by atoms with Crippen LogP contribution in [-0.2, 0) is 4.79 Å². The van der Waals surface area contributed by atoms with Gasteiger partial charge in [0.05, 0.1) is 11.0 Å². The number of anilines is 1. The Morgan fingerprint density at radius 2 is 2.46 bits per heavy atom. The summed E-state index contributed by atoms with van der Waals surface area (Å²) in [7, 11) is 1.76. The lowest BCUT2D eigenvalue weighted by Crippen LogP contribution is -2.31. The molecule has 0 spiro atoms. The average Bonchev–Trinajstić information content (AvgIpc) is 2.03. The zero-order valence-corrected chi connectivity index (χ0v) is 8.78. The second kappa shape index (κ2) is 4.23. The smallest absolute Gasteiger partial charge is 0.236 e. The first-order valence-corrected chi connectivity index (χ1v) is 4.50. The number of primary amides is 1. The highest BCUT2D eigenvalue weighted by molar-refractivity contribution is 9.10. The molecule has 0 aliphatic carbocycles. The Labute approximate surface area is 84.9 Å². The Hall–Kier alpha value is -1.10. The molecule has 0 saturated heterocycles. The Morgan fingerprint density at radius 3 is 3.00 bits per heavy atom. The second-order valence-corrected chi connectivity index (χ2v) is 3.49. The van der Waals surface area contributed by atoms with Crippen LogP contribution in [0.1, 0.15) is 0 Å². The summed E-state index contributed by atoms with van der Waals surface area (Å²) in [6, 6.07) is 3.67. The van der Waals surface area contributed by atoms with Crippen molar-refractivity contribution >= 4 is 27.7 Å². The third-order valence-corrected chi connectivity index (χ3v) is 2.11. The fourth-order valence-electron chi connectivity index (χ4n) is 0.967. The van der Waals surface area contributed by atoms with Crippen LogP contribution in [0.2, 0.25) is 0 Å². The van der Waals surface area contributed by atoms with E-state index in [9.17, 15) is 4.79 Å². The van der Waals surface area contributed by atoms with E-state index in [2.05, 4.69) is 20.9 Å². The Balaban J connectivity index is 2.82. The van der Waals surface area contributed by atoms with Crippen LogP contribution in [-0.4, -0.2) is 24.5 Å². The molecule has 0 aliphatic heterocycles. The lowest BCUT2D eigenvalue weighted by Gasteiger charge is -2.16. The average molecular weight is 244 g/mol. The van der Waals surface area contributed by atoms with Gasteiger partial charge in [0.25, 0.3) is 0 Å². The molecule has 0 atom stereocenters. The summed E-state index contributed by atoms with van der Waals surface area (Å²) < 4.78 is 0.846. The van der Waals surface area contributed by atoms with Crippen LogP contribution in [0.4, 0.5) is 5.82 Å². The lowest BCUT2D eigenvalue weighted by atomic mass is 10.4. The topological polar surface area (TPSA) is 59.2 Å². The molecular weight excluding hydrogens is 234 g/mol. The highest BCUT2D eigenvalue weighted by atomic mass is 79.9. The van der Waals surface area contributed by atoms with Gasteiger partial charge in [-0.25, -0.2) is 4.98 Å². The molecule has 0 unspecified atom stereocenters. The number of hydrogen-bond donors (Lipinski definition) is 1. The SMILES string of the molecule is CN(CC(N)=O)c1ncccc1Br. The van der Waals surface area contributed by atoms with Gasteiger partial charge < -0.3 is 10.6 Å². The number of halogens is 1. The van der Waals surface area contributed by atoms with Crippen molar-refractivity contribution in [1.82, 2.24) is 4.98 Å². The first-order valence-electron chi connectivity index (χ1n) is 3.71. The first kappa shape index (κ1) is 9.98. The summed E-state index contributed by atoms with van der Waals surface area (Å²) in [5, 5.41) is 0. The molecule has 0 aliphatic rings. The predicted molar refractivity (Wildman–Crippen MR) is 54.4 cm³/mol. The molecule has 1 rings (SSSR count). The van der Waals surface area contributed by atoms with Crippen LogP contribution in [0.3, 0.4) is 0 Å². The number of nitrogens with zero attached hydrogens (tertiary/aromatic N) is 2. The summed E-state index contributed by atoms with van der Waals surface area (Å²) in [4.78, 5) is 16.4. The van der Waals surface area contributed by atoms with Crippen LogP contribution < -0.4 is 10.6 Å². The molecule has 0 saturated carbocycles. The van der Waals surface area contributed by atoms with E-state index in [4.69, 9.17) is 5.73 Å². The molecule has 13 heavy (non-hydrogen) atoms. The van der Waals surface area contributed by atoms with E-state index in [0.717, 1.165) is 4.47 Å². The number of rotatable bonds is 3. The number of hydrogen-bond acceptors (Lipinski definition) is 3. The van der Waals surface area contributed by atoms with Crippen LogP contribution in [0.15, 0.2) is 22.8 Å². The third-order valence-electron chi connectivity index (χ3n) is 1.49. The van der Waals surface area contributed by atoms with Crippen LogP contribution in [0.5, 0.6) is 0 Å². The van der Waals surface area contributed by atoms with Crippen molar-refractivity contribution < 1.29 is 4.79 Å². The molecule has 0 aromatic carbocycles. The number of nitrogens with two attached hydrogens (primary N) is 1. The number of amides is 1. The standard InChI is InChI=1S/C8H10BrN3O/c1-12(5-7(10)13)8-6(9)3-2-4-11-8/h2-4H,5H2,1H3,(H2,10,13). The number of pyridine rings is 1. The van der Waals surface area contributed by atoms with E-state index in [-0.39, 0.29) is 12.5 Å². The summed E-state index contributed by atoms with van der Waals surface area (Å²) in [6.45, 7) is 0.162. The zero-order valence-electron chi connectivity index (χ0n) is 7.20. The highest BCUT2D eigenvalue weighted by Gasteiger charge is 2.07. The van der Waals surface area contributed by atoms with Crippen molar-refractivity contribution in [3.63, 3.8) is 0 Å². The summed E-state index contributed by atoms with van der Waals surface area (Å²) in [6.07, 6.45) is 1.66. The minimum atomic E-state index is -0.375. The molecule has 0 bridgehead atoms. The fourth-order valence-corrected chi connectivity index (χ4v) is 1.52. The molecule has 0 radical (unpaired) electrons. The minimum Gasteiger partial charge on any atom is -0.368 e. The minimum absolute atomic E-state index is 0.162. The number of aromatic nitrogens is 1. The van der Waals surface area contributed by atoms with Crippen molar-refractivity contribution in [1.29, 1.82) is 0 Å². The van der Waals surface area contributed by atoms with E-state index in [1.165, 1.54) is 0 Å². The van der Waals surface area contributed by atoms with E-state index < -0.39 is 0 Å². The number of carbonyl (C=O) groups is 1. The predicted octanol–water partition coefficient (Wildman–Crippen LogP) is 0.766. The van der Waals surface area contributed by atoms with E-state index in [1.54, 1.807) is 18.1 Å². The Morgan fingerprint density at radius 1 is 1.77 bits per heavy atom. The molecule has 5 heteroatoms. The van der Waals surface area contributed by atoms with Crippen molar-refractivity contribution in [3.05, 3.63) is 22.8 Å². The molecule has 1 amide bonds. The molecule has 4 nitrogen and oxygen atoms in total. The summed E-state index contributed by atoms with van der Waals surface area (Å²) >= 11 is 3.33. The van der Waals surface area contributed by atoms with Crippen LogP contribution in [0, 0.1) is 0 Å². The van der Waals surface area contributed by atoms with Crippen LogP contribution in [0.25, 0.3) is 0 Å². The van der Waals surface area contributed by atoms with Gasteiger partial charge in [-0.3, -0.25) is 4.79 Å². The van der Waals surface area contributed by atoms with Gasteiger partial charge in [-0.1, -0.05) is 0 Å². The maximum atomic E-state index is 10.6. The van der Waals surface area contributed by atoms with Gasteiger partial charge in [0.1, 0.15) is 5.82 Å². The molecule has 70 valence electrons. The molecular formula is C8H10BrN3O. The normalized spacial score (nSPS) is 9.69. The van der Waals surface area contributed by atoms with E-state index >= 15 is 0 Å². The summed E-state index contributed by atoms with van der Waals surface area (Å²) in [5.41, 5.74) is 5.06. The van der Waals surface area contributed by atoms with Crippen molar-refractivity contribution in [3.8, 4) is 0 Å². The molecule has 1 heterocycles. The Bertz CT molecular complexity index is 316. The maximum Gasteiger partial charge on any atom is 0.236 e. The van der Waals surface area contributed by atoms with Crippen molar-refractivity contribution in [2.24, 2.45) is 5.73 Å². The fraction of sp³-hybridized carbons (Fsp3) is 0.250. The van der Waals surface area contributed by atoms with Crippen molar-refractivity contribution in [2.75, 3.05) is 18.5 Å². The van der Waals surface area contributed by atoms with E-state index in [1.807, 2.05) is 12.1 Å². The third kappa shape index (κ3) is 2.69. The zero-order chi connectivity index (χ0) is 9.84. The maximum absolute atomic E-state index is 10.6. The first-order chi connectivity index (χ1) is 6.11. The molecule has 2 N–H and O–H groups in total. The van der Waals surface area contributed by atoms with Crippen LogP contribution >= 0.6 is 15.9 Å². The highest BCUT2D eigenvalue weighted by Crippen LogP contribution is 2.21. The summed E-state index contributed by atoms with van der Waals surface area (Å²) in [5.74, 6) is 0.335. The number of carbonyl (C=O) groups excluding carboxylic acids is 1. The molecule has 1 aromatic rings. The van der Waals surface area contributed by atoms with Gasteiger partial charge in [0.15, 0.2) is 0 Å². The van der Waals surface area contributed by atoms with Gasteiger partial charge in [0, 0.05) is 13.2 Å². The van der Waals surface area contributed by atoms with Gasteiger partial charge in [-0.2, -0.15) is 0 Å². The monoisotopic (exact) mass is 243 g/mol. The number of likely N-dealkylation sites (N-methyl/N-ethyl adjacent to an activating group) is 1. The molecule has 1 aromatic heterocycles. The van der Waals surface area contributed by atoms with Crippen molar-refractivity contribution in [2.45, 2.75) is 0 Å². The molecule has 0 fully saturated rings. The van der Waals surface area contributed by atoms with Gasteiger partial charge in [-0.05, 0) is 28.1 Å². The largest absolute Gasteiger partial charge is 0.368 e.